The Labute approximate surface area is 159 Å². The number of amides is 1. The van der Waals surface area contributed by atoms with Crippen LogP contribution in [0.4, 0.5) is 0 Å². The Morgan fingerprint density at radius 1 is 1.20 bits per heavy atom. The van der Waals surface area contributed by atoms with Crippen molar-refractivity contribution in [2.75, 3.05) is 13.1 Å². The molecule has 1 N–H and O–H groups in total. The second kappa shape index (κ2) is 6.70. The minimum absolute atomic E-state index is 0.0115. The van der Waals surface area contributed by atoms with Crippen LogP contribution in [0.2, 0.25) is 5.02 Å². The van der Waals surface area contributed by atoms with Crippen LogP contribution in [-0.2, 0) is 0 Å². The van der Waals surface area contributed by atoms with Gasteiger partial charge in [0.1, 0.15) is 0 Å². The largest absolute Gasteiger partial charge is 0.361 e. The molecule has 0 radical (unpaired) electrons. The maximum absolute atomic E-state index is 12.7. The highest BCUT2D eigenvalue weighted by molar-refractivity contribution is 9.10. The number of aromatic amines is 1. The van der Waals surface area contributed by atoms with Gasteiger partial charge in [-0.1, -0.05) is 45.7 Å². The number of aromatic nitrogens is 1. The number of carbonyl (C=O) groups excluding carboxylic acids is 1. The molecule has 4 rings (SSSR count). The molecule has 0 bridgehead atoms. The van der Waals surface area contributed by atoms with Crippen molar-refractivity contribution in [3.63, 3.8) is 0 Å². The monoisotopic (exact) mass is 414 g/mol. The molecule has 0 aliphatic carbocycles. The summed E-state index contributed by atoms with van der Waals surface area (Å²) in [5.74, 6) is -0.0115. The number of rotatable bonds is 2. The van der Waals surface area contributed by atoms with E-state index in [2.05, 4.69) is 45.3 Å². The maximum atomic E-state index is 12.7. The lowest BCUT2D eigenvalue weighted by molar-refractivity contribution is 0.0773. The van der Waals surface area contributed by atoms with Crippen LogP contribution in [0.15, 0.2) is 59.2 Å². The number of benzene rings is 2. The van der Waals surface area contributed by atoms with Crippen molar-refractivity contribution in [3.05, 3.63) is 75.4 Å². The van der Waals surface area contributed by atoms with E-state index >= 15 is 0 Å². The fourth-order valence-electron chi connectivity index (χ4n) is 3.26. The van der Waals surface area contributed by atoms with Gasteiger partial charge in [0.25, 0.3) is 5.91 Å². The SMILES string of the molecule is O=C(c1ccccc1Cl)N1CC=C(c2c[nH]c3ccc(Br)cc23)CC1. The van der Waals surface area contributed by atoms with Crippen LogP contribution < -0.4 is 0 Å². The Bertz CT molecular complexity index is 992. The third-order valence-corrected chi connectivity index (χ3v) is 5.41. The minimum atomic E-state index is -0.0115. The van der Waals surface area contributed by atoms with Crippen molar-refractivity contribution in [1.29, 1.82) is 0 Å². The summed E-state index contributed by atoms with van der Waals surface area (Å²) in [6, 6.07) is 13.4. The molecule has 1 aliphatic heterocycles. The summed E-state index contributed by atoms with van der Waals surface area (Å²) in [4.78, 5) is 17.8. The number of nitrogens with zero attached hydrogens (tertiary/aromatic N) is 1. The first-order chi connectivity index (χ1) is 12.1. The average molecular weight is 416 g/mol. The second-order valence-electron chi connectivity index (χ2n) is 6.10. The van der Waals surface area contributed by atoms with Crippen LogP contribution in [0.3, 0.4) is 0 Å². The summed E-state index contributed by atoms with van der Waals surface area (Å²) in [5, 5.41) is 1.70. The van der Waals surface area contributed by atoms with Gasteiger partial charge in [0.15, 0.2) is 0 Å². The quantitative estimate of drug-likeness (QED) is 0.588. The van der Waals surface area contributed by atoms with E-state index in [0.717, 1.165) is 16.4 Å². The molecule has 0 fully saturated rings. The molecule has 0 saturated heterocycles. The van der Waals surface area contributed by atoms with Gasteiger partial charge >= 0.3 is 0 Å². The molecule has 126 valence electrons. The van der Waals surface area contributed by atoms with Crippen molar-refractivity contribution in [2.45, 2.75) is 6.42 Å². The third-order valence-electron chi connectivity index (χ3n) is 4.59. The number of nitrogens with one attached hydrogen (secondary N) is 1. The molecule has 2 heterocycles. The van der Waals surface area contributed by atoms with Gasteiger partial charge in [-0.3, -0.25) is 4.79 Å². The molecule has 1 aliphatic rings. The van der Waals surface area contributed by atoms with Gasteiger partial charge in [0.2, 0.25) is 0 Å². The number of hydrogen-bond acceptors (Lipinski definition) is 1. The van der Waals surface area contributed by atoms with Gasteiger partial charge in [-0.15, -0.1) is 0 Å². The number of fused-ring (bicyclic) bond motifs is 1. The lowest BCUT2D eigenvalue weighted by Crippen LogP contribution is -2.34. The molecular weight excluding hydrogens is 400 g/mol. The Kier molecular flexibility index (Phi) is 4.40. The molecule has 0 unspecified atom stereocenters. The molecular formula is C20H16BrClN2O. The molecule has 25 heavy (non-hydrogen) atoms. The van der Waals surface area contributed by atoms with Crippen LogP contribution >= 0.6 is 27.5 Å². The Hall–Kier alpha value is -2.04. The number of hydrogen-bond donors (Lipinski definition) is 1. The molecule has 0 saturated carbocycles. The number of halogens is 2. The lowest BCUT2D eigenvalue weighted by Gasteiger charge is -2.27. The van der Waals surface area contributed by atoms with E-state index < -0.39 is 0 Å². The molecule has 3 nitrogen and oxygen atoms in total. The number of carbonyl (C=O) groups is 1. The van der Waals surface area contributed by atoms with E-state index in [0.29, 0.717) is 23.7 Å². The zero-order chi connectivity index (χ0) is 17.4. The maximum Gasteiger partial charge on any atom is 0.255 e. The van der Waals surface area contributed by atoms with Crippen molar-refractivity contribution in [3.8, 4) is 0 Å². The predicted octanol–water partition coefficient (Wildman–Crippen LogP) is 5.51. The zero-order valence-corrected chi connectivity index (χ0v) is 15.8. The van der Waals surface area contributed by atoms with Crippen LogP contribution in [0.5, 0.6) is 0 Å². The van der Waals surface area contributed by atoms with Gasteiger partial charge in [-0.05, 0) is 42.3 Å². The molecule has 5 heteroatoms. The molecule has 1 aromatic heterocycles. The standard InChI is InChI=1S/C20H16BrClN2O/c21-14-5-6-19-16(11-14)17(12-23-19)13-7-9-24(10-8-13)20(25)15-3-1-2-4-18(15)22/h1-7,11-12,23H,8-10H2. The Balaban J connectivity index is 1.59. The normalized spacial score (nSPS) is 14.6. The van der Waals surface area contributed by atoms with Gasteiger partial charge < -0.3 is 9.88 Å². The summed E-state index contributed by atoms with van der Waals surface area (Å²) in [5.41, 5.74) is 4.17. The predicted molar refractivity (Wildman–Crippen MR) is 106 cm³/mol. The van der Waals surface area contributed by atoms with Crippen LogP contribution in [0.1, 0.15) is 22.3 Å². The Morgan fingerprint density at radius 2 is 2.04 bits per heavy atom. The highest BCUT2D eigenvalue weighted by Gasteiger charge is 2.21. The van der Waals surface area contributed by atoms with Gasteiger partial charge in [-0.2, -0.15) is 0 Å². The van der Waals surface area contributed by atoms with E-state index in [4.69, 9.17) is 11.6 Å². The smallest absolute Gasteiger partial charge is 0.255 e. The van der Waals surface area contributed by atoms with Crippen LogP contribution in [0.25, 0.3) is 16.5 Å². The average Bonchev–Trinajstić information content (AvgIpc) is 3.05. The molecule has 0 spiro atoms. The summed E-state index contributed by atoms with van der Waals surface area (Å²) < 4.78 is 1.06. The molecule has 3 aromatic rings. The second-order valence-corrected chi connectivity index (χ2v) is 7.43. The Morgan fingerprint density at radius 3 is 2.80 bits per heavy atom. The van der Waals surface area contributed by atoms with Crippen LogP contribution in [-0.4, -0.2) is 28.9 Å². The van der Waals surface area contributed by atoms with E-state index in [1.807, 2.05) is 23.1 Å². The summed E-state index contributed by atoms with van der Waals surface area (Å²) in [6.45, 7) is 1.29. The summed E-state index contributed by atoms with van der Waals surface area (Å²) in [7, 11) is 0. The van der Waals surface area contributed by atoms with Gasteiger partial charge in [0.05, 0.1) is 10.6 Å². The van der Waals surface area contributed by atoms with E-state index in [-0.39, 0.29) is 5.91 Å². The number of H-pyrrole nitrogens is 1. The first kappa shape index (κ1) is 16.4. The minimum Gasteiger partial charge on any atom is -0.361 e. The van der Waals surface area contributed by atoms with Crippen molar-refractivity contribution < 1.29 is 4.79 Å². The summed E-state index contributed by atoms with van der Waals surface area (Å²) >= 11 is 9.69. The van der Waals surface area contributed by atoms with Crippen molar-refractivity contribution >= 4 is 49.9 Å². The molecule has 1 amide bonds. The molecule has 0 atom stereocenters. The lowest BCUT2D eigenvalue weighted by atomic mass is 9.98. The van der Waals surface area contributed by atoms with E-state index in [1.54, 1.807) is 12.1 Å². The first-order valence-corrected chi connectivity index (χ1v) is 9.30. The zero-order valence-electron chi connectivity index (χ0n) is 13.4. The topological polar surface area (TPSA) is 36.1 Å². The fraction of sp³-hybridized carbons (Fsp3) is 0.150. The first-order valence-electron chi connectivity index (χ1n) is 8.13. The molecule has 2 aromatic carbocycles. The van der Waals surface area contributed by atoms with E-state index in [1.165, 1.54) is 16.5 Å². The van der Waals surface area contributed by atoms with Crippen LogP contribution in [0, 0.1) is 0 Å². The highest BCUT2D eigenvalue weighted by atomic mass is 79.9. The summed E-state index contributed by atoms with van der Waals surface area (Å²) in [6.07, 6.45) is 5.02. The van der Waals surface area contributed by atoms with Crippen molar-refractivity contribution in [2.24, 2.45) is 0 Å². The highest BCUT2D eigenvalue weighted by Crippen LogP contribution is 2.31. The van der Waals surface area contributed by atoms with Gasteiger partial charge in [-0.25, -0.2) is 0 Å². The fourth-order valence-corrected chi connectivity index (χ4v) is 3.84. The van der Waals surface area contributed by atoms with E-state index in [9.17, 15) is 4.79 Å². The van der Waals surface area contributed by atoms with Crippen molar-refractivity contribution in [1.82, 2.24) is 9.88 Å². The van der Waals surface area contributed by atoms with Gasteiger partial charge in [0, 0.05) is 40.2 Å². The third kappa shape index (κ3) is 3.12.